The fourth-order valence-electron chi connectivity index (χ4n) is 1.89. The normalized spacial score (nSPS) is 20.8. The predicted octanol–water partition coefficient (Wildman–Crippen LogP) is 2.91. The third-order valence-electron chi connectivity index (χ3n) is 3.70. The van der Waals surface area contributed by atoms with Gasteiger partial charge in [0.1, 0.15) is 0 Å². The lowest BCUT2D eigenvalue weighted by atomic mass is 9.84. The molecule has 3 nitrogen and oxygen atoms in total. The Hall–Kier alpha value is -0.220. The quantitative estimate of drug-likeness (QED) is 0.795. The monoisotopic (exact) mass is 258 g/mol. The van der Waals surface area contributed by atoms with Crippen molar-refractivity contribution in [1.82, 2.24) is 5.32 Å². The second kappa shape index (κ2) is 7.27. The van der Waals surface area contributed by atoms with Crippen LogP contribution in [0.2, 0.25) is 0 Å². The van der Waals surface area contributed by atoms with Gasteiger partial charge in [-0.25, -0.2) is 0 Å². The van der Waals surface area contributed by atoms with Crippen molar-refractivity contribution in [2.45, 2.75) is 46.1 Å². The second-order valence-electron chi connectivity index (χ2n) is 4.94. The van der Waals surface area contributed by atoms with Gasteiger partial charge in [0.2, 0.25) is 0 Å². The van der Waals surface area contributed by atoms with E-state index in [9.17, 15) is 0 Å². The summed E-state index contributed by atoms with van der Waals surface area (Å²) in [6, 6.07) is 0.442. The van der Waals surface area contributed by atoms with Gasteiger partial charge >= 0.3 is 0 Å². The Morgan fingerprint density at radius 3 is 2.65 bits per heavy atom. The number of aliphatic imine (C=N–C) groups is 1. The zero-order chi connectivity index (χ0) is 12.7. The zero-order valence-corrected chi connectivity index (χ0v) is 12.4. The minimum Gasteiger partial charge on any atom is -0.385 e. The molecule has 1 aliphatic heterocycles. The summed E-state index contributed by atoms with van der Waals surface area (Å²) in [7, 11) is 1.75. The van der Waals surface area contributed by atoms with Crippen LogP contribution in [-0.4, -0.2) is 37.2 Å². The molecular weight excluding hydrogens is 232 g/mol. The highest BCUT2D eigenvalue weighted by molar-refractivity contribution is 8.13. The lowest BCUT2D eigenvalue weighted by molar-refractivity contribution is 0.187. The summed E-state index contributed by atoms with van der Waals surface area (Å²) >= 11 is 1.88. The topological polar surface area (TPSA) is 33.6 Å². The van der Waals surface area contributed by atoms with Crippen molar-refractivity contribution in [3.63, 3.8) is 0 Å². The van der Waals surface area contributed by atoms with Crippen molar-refractivity contribution in [3.8, 4) is 0 Å². The molecule has 100 valence electrons. The number of nitrogens with zero attached hydrogens (tertiary/aromatic N) is 1. The number of nitrogens with one attached hydrogen (secondary N) is 1. The smallest absolute Gasteiger partial charge is 0.156 e. The van der Waals surface area contributed by atoms with Gasteiger partial charge in [-0.1, -0.05) is 25.6 Å². The molecule has 1 aliphatic rings. The van der Waals surface area contributed by atoms with E-state index >= 15 is 0 Å². The average Bonchev–Trinajstić information content (AvgIpc) is 2.38. The van der Waals surface area contributed by atoms with E-state index in [1.807, 2.05) is 11.8 Å². The van der Waals surface area contributed by atoms with Crippen molar-refractivity contribution in [3.05, 3.63) is 0 Å². The first kappa shape index (κ1) is 14.8. The van der Waals surface area contributed by atoms with Crippen LogP contribution in [0.3, 0.4) is 0 Å². The molecule has 0 saturated heterocycles. The van der Waals surface area contributed by atoms with Crippen molar-refractivity contribution >= 4 is 16.9 Å². The Labute approximate surface area is 110 Å². The van der Waals surface area contributed by atoms with Gasteiger partial charge < -0.3 is 10.1 Å². The van der Waals surface area contributed by atoms with E-state index in [2.05, 4.69) is 26.1 Å². The first-order valence-corrected chi connectivity index (χ1v) is 7.57. The van der Waals surface area contributed by atoms with Gasteiger partial charge in [-0.15, -0.1) is 0 Å². The molecule has 0 spiro atoms. The number of amidine groups is 1. The standard InChI is InChI=1S/C13H26N2OS/c1-5-13(6-2)9-14-12(17-10-13)15-11(3)7-8-16-4/h11H,5-10H2,1-4H3,(H,14,15). The van der Waals surface area contributed by atoms with Crippen LogP contribution in [0.4, 0.5) is 0 Å². The first-order valence-electron chi connectivity index (χ1n) is 6.58. The van der Waals surface area contributed by atoms with E-state index in [1.54, 1.807) is 7.11 Å². The molecule has 1 unspecified atom stereocenters. The Morgan fingerprint density at radius 1 is 1.47 bits per heavy atom. The van der Waals surface area contributed by atoms with Crippen LogP contribution in [-0.2, 0) is 4.74 Å². The molecule has 0 aliphatic carbocycles. The van der Waals surface area contributed by atoms with Gasteiger partial charge in [-0.2, -0.15) is 0 Å². The maximum absolute atomic E-state index is 5.08. The van der Waals surface area contributed by atoms with Crippen LogP contribution < -0.4 is 5.32 Å². The Balaban J connectivity index is 2.40. The molecule has 0 bridgehead atoms. The number of hydrogen-bond acceptors (Lipinski definition) is 4. The SMILES string of the molecule is CCC1(CC)CN=C(NC(C)CCOC)SC1. The Kier molecular flexibility index (Phi) is 6.34. The molecule has 1 N–H and O–H groups in total. The molecule has 0 aromatic carbocycles. The third kappa shape index (κ3) is 4.51. The van der Waals surface area contributed by atoms with Crippen molar-refractivity contribution in [1.29, 1.82) is 0 Å². The summed E-state index contributed by atoms with van der Waals surface area (Å²) < 4.78 is 5.08. The summed E-state index contributed by atoms with van der Waals surface area (Å²) in [4.78, 5) is 4.70. The van der Waals surface area contributed by atoms with Crippen molar-refractivity contribution in [2.75, 3.05) is 26.0 Å². The fraction of sp³-hybridized carbons (Fsp3) is 0.923. The molecule has 1 atom stereocenters. The van der Waals surface area contributed by atoms with Crippen molar-refractivity contribution < 1.29 is 4.74 Å². The number of methoxy groups -OCH3 is 1. The lowest BCUT2D eigenvalue weighted by Gasteiger charge is -2.34. The number of ether oxygens (including phenoxy) is 1. The lowest BCUT2D eigenvalue weighted by Crippen LogP contribution is -2.38. The van der Waals surface area contributed by atoms with Gasteiger partial charge in [0.15, 0.2) is 5.17 Å². The van der Waals surface area contributed by atoms with E-state index in [1.165, 1.54) is 18.6 Å². The maximum atomic E-state index is 5.08. The molecule has 0 radical (unpaired) electrons. The summed E-state index contributed by atoms with van der Waals surface area (Å²) in [5.74, 6) is 1.20. The Morgan fingerprint density at radius 2 is 2.18 bits per heavy atom. The minimum atomic E-state index is 0.436. The first-order chi connectivity index (χ1) is 8.15. The van der Waals surface area contributed by atoms with E-state index in [-0.39, 0.29) is 0 Å². The van der Waals surface area contributed by atoms with Crippen molar-refractivity contribution in [2.24, 2.45) is 10.4 Å². The summed E-state index contributed by atoms with van der Waals surface area (Å²) in [6.07, 6.45) is 3.49. The second-order valence-corrected chi connectivity index (χ2v) is 5.91. The minimum absolute atomic E-state index is 0.436. The molecule has 4 heteroatoms. The number of thioether (sulfide) groups is 1. The van der Waals surface area contributed by atoms with E-state index in [4.69, 9.17) is 9.73 Å². The van der Waals surface area contributed by atoms with Crippen LogP contribution in [0.25, 0.3) is 0 Å². The summed E-state index contributed by atoms with van der Waals surface area (Å²) in [5, 5.41) is 4.59. The fourth-order valence-corrected chi connectivity index (χ4v) is 3.28. The molecule has 0 aromatic heterocycles. The highest BCUT2D eigenvalue weighted by atomic mass is 32.2. The third-order valence-corrected chi connectivity index (χ3v) is 4.98. The molecule has 0 fully saturated rings. The largest absolute Gasteiger partial charge is 0.385 e. The highest BCUT2D eigenvalue weighted by Gasteiger charge is 2.30. The highest BCUT2D eigenvalue weighted by Crippen LogP contribution is 2.34. The van der Waals surface area contributed by atoms with Crippen LogP contribution >= 0.6 is 11.8 Å². The van der Waals surface area contributed by atoms with Gasteiger partial charge in [0, 0.05) is 32.1 Å². The van der Waals surface area contributed by atoms with E-state index in [0.717, 1.165) is 24.7 Å². The van der Waals surface area contributed by atoms with E-state index < -0.39 is 0 Å². The van der Waals surface area contributed by atoms with Gasteiger partial charge in [-0.05, 0) is 31.6 Å². The molecule has 1 rings (SSSR count). The molecular formula is C13H26N2OS. The summed E-state index contributed by atoms with van der Waals surface area (Å²) in [6.45, 7) is 8.52. The number of rotatable bonds is 6. The maximum Gasteiger partial charge on any atom is 0.156 e. The average molecular weight is 258 g/mol. The van der Waals surface area contributed by atoms with Gasteiger partial charge in [0.25, 0.3) is 0 Å². The molecule has 0 amide bonds. The zero-order valence-electron chi connectivity index (χ0n) is 11.6. The molecule has 1 heterocycles. The molecule has 0 aromatic rings. The van der Waals surface area contributed by atoms with Gasteiger partial charge in [0.05, 0.1) is 0 Å². The van der Waals surface area contributed by atoms with Crippen LogP contribution in [0.15, 0.2) is 4.99 Å². The molecule has 17 heavy (non-hydrogen) atoms. The van der Waals surface area contributed by atoms with Crippen LogP contribution in [0.5, 0.6) is 0 Å². The number of hydrogen-bond donors (Lipinski definition) is 1. The summed E-state index contributed by atoms with van der Waals surface area (Å²) in [5.41, 5.74) is 0.436. The van der Waals surface area contributed by atoms with Gasteiger partial charge in [-0.3, -0.25) is 4.99 Å². The van der Waals surface area contributed by atoms with E-state index in [0.29, 0.717) is 11.5 Å². The Bertz CT molecular complexity index is 252. The predicted molar refractivity (Wildman–Crippen MR) is 76.9 cm³/mol. The van der Waals surface area contributed by atoms with Crippen LogP contribution in [0, 0.1) is 5.41 Å². The molecule has 0 saturated carbocycles. The van der Waals surface area contributed by atoms with Crippen LogP contribution in [0.1, 0.15) is 40.0 Å².